The van der Waals surface area contributed by atoms with Crippen LogP contribution in [-0.2, 0) is 0 Å². The Balaban J connectivity index is 1.26. The molecule has 0 atom stereocenters. The van der Waals surface area contributed by atoms with Crippen molar-refractivity contribution in [3.8, 4) is 67.5 Å². The largest absolute Gasteiger partial charge is 0.456 e. The maximum absolute atomic E-state index is 9.27. The number of aromatic nitrogens is 3. The van der Waals surface area contributed by atoms with Gasteiger partial charge in [-0.15, -0.1) is 0 Å². The molecule has 49 heavy (non-hydrogen) atoms. The molecule has 0 unspecified atom stereocenters. The summed E-state index contributed by atoms with van der Waals surface area (Å²) in [6.45, 7) is 0. The van der Waals surface area contributed by atoms with Gasteiger partial charge < -0.3 is 4.42 Å². The van der Waals surface area contributed by atoms with Gasteiger partial charge in [-0.05, 0) is 57.6 Å². The fourth-order valence-electron chi connectivity index (χ4n) is 5.63. The molecule has 0 N–H and O–H groups in total. The van der Waals surface area contributed by atoms with E-state index in [1.807, 2.05) is 109 Å². The van der Waals surface area contributed by atoms with Crippen molar-refractivity contribution >= 4 is 21.9 Å². The average molecular weight is 639 g/mol. The minimum Gasteiger partial charge on any atom is -0.456 e. The van der Waals surface area contributed by atoms with E-state index in [4.69, 9.17) is 27.6 Å². The smallest absolute Gasteiger partial charge is 0.164 e. The lowest BCUT2D eigenvalue weighted by atomic mass is 10.0. The van der Waals surface area contributed by atoms with E-state index >= 15 is 0 Å². The molecular weight excluding hydrogens is 599 g/mol. The molecule has 0 saturated heterocycles. The molecule has 2 heterocycles. The average Bonchev–Trinajstić information content (AvgIpc) is 3.70. The molecule has 4 nitrogen and oxygen atoms in total. The topological polar surface area (TPSA) is 51.8 Å². The summed E-state index contributed by atoms with van der Waals surface area (Å²) in [5.74, 6) is 0.271. The third kappa shape index (κ3) is 5.56. The zero-order valence-electron chi connectivity index (χ0n) is 36.6. The second kappa shape index (κ2) is 12.2. The van der Waals surface area contributed by atoms with Crippen LogP contribution in [0.15, 0.2) is 180 Å². The van der Waals surface area contributed by atoms with Gasteiger partial charge in [0.25, 0.3) is 0 Å². The van der Waals surface area contributed by atoms with Crippen LogP contribution in [0.3, 0.4) is 0 Å². The molecule has 0 aliphatic rings. The van der Waals surface area contributed by atoms with Crippen LogP contribution < -0.4 is 0 Å². The molecule has 0 radical (unpaired) electrons. The Labute approximate surface area is 299 Å². The summed E-state index contributed by atoms with van der Waals surface area (Å²) in [5, 5.41) is -0.405. The van der Waals surface area contributed by atoms with Crippen molar-refractivity contribution in [1.29, 1.82) is 0 Å². The summed E-state index contributed by atoms with van der Waals surface area (Å²) in [4.78, 5) is 14.3. The van der Waals surface area contributed by atoms with Crippen LogP contribution in [0.2, 0.25) is 0 Å². The Morgan fingerprint density at radius 2 is 0.878 bits per heavy atom. The van der Waals surface area contributed by atoms with Crippen LogP contribution in [0, 0.1) is 0 Å². The molecule has 0 saturated carbocycles. The molecule has 0 aliphatic heterocycles. The van der Waals surface area contributed by atoms with E-state index in [-0.39, 0.29) is 45.0 Å². The van der Waals surface area contributed by atoms with Gasteiger partial charge in [-0.2, -0.15) is 0 Å². The standard InChI is InChI=1S/C45H29N3O/c1-3-10-30(11-4-1)32-18-22-34(23-19-32)43-46-44(48-45(47-43)38-15-9-14-36(28-38)31-12-5-2-6-13-31)35-24-20-33(21-25-35)37-26-27-42-40(29-37)39-16-7-8-17-41(39)49-42/h1-29H/i7D,8D,16D,17D,20D,21D,24D,25D,26D,27D,29D. The van der Waals surface area contributed by atoms with Crippen molar-refractivity contribution in [2.45, 2.75) is 0 Å². The Morgan fingerprint density at radius 3 is 1.61 bits per heavy atom. The quantitative estimate of drug-likeness (QED) is 0.182. The number of hydrogen-bond acceptors (Lipinski definition) is 4. The van der Waals surface area contributed by atoms with E-state index < -0.39 is 77.6 Å². The SMILES string of the molecule is [2H]c1c([2H])c(-c2c([2H])c([2H])c3oc4c([2H])c([2H])c([2H])c([2H])c4c3c2[2H])c([2H])c([2H])c1-c1nc(-c2ccc(-c3ccccc3)cc2)nc(-c2cccc(-c3ccccc3)c2)n1. The molecule has 7 aromatic carbocycles. The van der Waals surface area contributed by atoms with E-state index in [2.05, 4.69) is 0 Å². The summed E-state index contributed by atoms with van der Waals surface area (Å²) in [6, 6.07) is 28.2. The highest BCUT2D eigenvalue weighted by atomic mass is 16.3. The van der Waals surface area contributed by atoms with Gasteiger partial charge in [0.05, 0.1) is 15.1 Å². The number of hydrogen-bond donors (Lipinski definition) is 0. The number of rotatable bonds is 6. The lowest BCUT2D eigenvalue weighted by Crippen LogP contribution is -2.00. The number of furan rings is 1. The van der Waals surface area contributed by atoms with Gasteiger partial charge in [0, 0.05) is 27.5 Å². The molecule has 2 aromatic heterocycles. The van der Waals surface area contributed by atoms with E-state index in [9.17, 15) is 6.85 Å². The van der Waals surface area contributed by atoms with Crippen LogP contribution in [0.25, 0.3) is 89.5 Å². The van der Waals surface area contributed by atoms with Crippen molar-refractivity contribution in [1.82, 2.24) is 15.0 Å². The second-order valence-electron chi connectivity index (χ2n) is 11.2. The van der Waals surface area contributed by atoms with E-state index in [1.165, 1.54) is 0 Å². The fourth-order valence-corrected chi connectivity index (χ4v) is 5.63. The number of para-hydroxylation sites is 1. The summed E-state index contributed by atoms with van der Waals surface area (Å²) >= 11 is 0. The van der Waals surface area contributed by atoms with Gasteiger partial charge in [-0.1, -0.05) is 151 Å². The highest BCUT2D eigenvalue weighted by molar-refractivity contribution is 6.06. The van der Waals surface area contributed by atoms with Crippen LogP contribution in [0.1, 0.15) is 15.1 Å². The molecule has 4 heteroatoms. The first kappa shape index (κ1) is 19.2. The van der Waals surface area contributed by atoms with E-state index in [1.54, 1.807) is 0 Å². The zero-order valence-corrected chi connectivity index (χ0v) is 25.6. The Morgan fingerprint density at radius 1 is 0.367 bits per heavy atom. The highest BCUT2D eigenvalue weighted by Gasteiger charge is 2.14. The maximum atomic E-state index is 9.27. The fraction of sp³-hybridized carbons (Fsp3) is 0. The molecule has 0 spiro atoms. The molecule has 0 aliphatic carbocycles. The third-order valence-electron chi connectivity index (χ3n) is 8.10. The highest BCUT2D eigenvalue weighted by Crippen LogP contribution is 2.34. The van der Waals surface area contributed by atoms with Gasteiger partial charge in [-0.3, -0.25) is 0 Å². The van der Waals surface area contributed by atoms with Gasteiger partial charge in [0.2, 0.25) is 0 Å². The van der Waals surface area contributed by atoms with Crippen LogP contribution >= 0.6 is 0 Å². The van der Waals surface area contributed by atoms with Gasteiger partial charge in [0.15, 0.2) is 17.5 Å². The molecule has 9 aromatic rings. The Bertz CT molecular complexity index is 3180. The predicted octanol–water partition coefficient (Wildman–Crippen LogP) is 11.8. The first-order valence-corrected chi connectivity index (χ1v) is 15.5. The molecular formula is C45H29N3O. The number of benzene rings is 7. The lowest BCUT2D eigenvalue weighted by molar-refractivity contribution is 0.669. The maximum Gasteiger partial charge on any atom is 0.164 e. The van der Waals surface area contributed by atoms with Crippen LogP contribution in [-0.4, -0.2) is 15.0 Å². The minimum atomic E-state index is -0.641. The van der Waals surface area contributed by atoms with E-state index in [0.29, 0.717) is 11.1 Å². The van der Waals surface area contributed by atoms with E-state index in [0.717, 1.165) is 22.3 Å². The molecule has 0 amide bonds. The molecule has 230 valence electrons. The zero-order chi connectivity index (χ0) is 42.1. The number of fused-ring (bicyclic) bond motifs is 3. The summed E-state index contributed by atoms with van der Waals surface area (Å²) in [7, 11) is 0. The molecule has 0 fully saturated rings. The lowest BCUT2D eigenvalue weighted by Gasteiger charge is -2.11. The predicted molar refractivity (Wildman–Crippen MR) is 200 cm³/mol. The Kier molecular flexibility index (Phi) is 4.78. The normalized spacial score (nSPS) is 14.4. The number of nitrogens with zero attached hydrogens (tertiary/aromatic N) is 3. The summed E-state index contributed by atoms with van der Waals surface area (Å²) in [5.41, 5.74) is 3.25. The molecule has 9 rings (SSSR count). The van der Waals surface area contributed by atoms with Crippen LogP contribution in [0.4, 0.5) is 0 Å². The monoisotopic (exact) mass is 638 g/mol. The van der Waals surface area contributed by atoms with Crippen molar-refractivity contribution in [3.05, 3.63) is 176 Å². The van der Waals surface area contributed by atoms with Gasteiger partial charge in [-0.25, -0.2) is 15.0 Å². The third-order valence-corrected chi connectivity index (χ3v) is 8.10. The Hall–Kier alpha value is -6.65. The van der Waals surface area contributed by atoms with Crippen LogP contribution in [0.5, 0.6) is 0 Å². The van der Waals surface area contributed by atoms with Gasteiger partial charge in [0.1, 0.15) is 11.2 Å². The van der Waals surface area contributed by atoms with Crippen molar-refractivity contribution in [2.75, 3.05) is 0 Å². The summed E-state index contributed by atoms with van der Waals surface area (Å²) in [6.07, 6.45) is 0. The second-order valence-corrected chi connectivity index (χ2v) is 11.2. The van der Waals surface area contributed by atoms with Crippen molar-refractivity contribution in [3.63, 3.8) is 0 Å². The first-order chi connectivity index (χ1) is 28.8. The summed E-state index contributed by atoms with van der Waals surface area (Å²) < 4.78 is 103. The molecule has 0 bridgehead atoms. The van der Waals surface area contributed by atoms with Crippen molar-refractivity contribution < 1.29 is 19.5 Å². The minimum absolute atomic E-state index is 0.151. The van der Waals surface area contributed by atoms with Gasteiger partial charge >= 0.3 is 0 Å². The van der Waals surface area contributed by atoms with Crippen molar-refractivity contribution in [2.24, 2.45) is 0 Å². The first-order valence-electron chi connectivity index (χ1n) is 21.0.